The zero-order valence-electron chi connectivity index (χ0n) is 12.5. The molecule has 1 amide bonds. The summed E-state index contributed by atoms with van der Waals surface area (Å²) in [7, 11) is 3.52. The van der Waals surface area contributed by atoms with Crippen LogP contribution in [0.1, 0.15) is 12.0 Å². The Morgan fingerprint density at radius 2 is 2.10 bits per heavy atom. The predicted molar refractivity (Wildman–Crippen MR) is 81.9 cm³/mol. The number of aryl methyl sites for hydroxylation is 2. The predicted octanol–water partition coefficient (Wildman–Crippen LogP) is 1.78. The highest BCUT2D eigenvalue weighted by molar-refractivity contribution is 5.76. The first-order valence-electron chi connectivity index (χ1n) is 7.04. The van der Waals surface area contributed by atoms with Crippen molar-refractivity contribution in [3.63, 3.8) is 0 Å². The molecule has 0 fully saturated rings. The van der Waals surface area contributed by atoms with Crippen molar-refractivity contribution in [3.05, 3.63) is 42.1 Å². The van der Waals surface area contributed by atoms with Crippen LogP contribution in [0.25, 0.3) is 11.3 Å². The minimum atomic E-state index is 0.0370. The van der Waals surface area contributed by atoms with Crippen LogP contribution in [0.3, 0.4) is 0 Å². The van der Waals surface area contributed by atoms with E-state index in [0.29, 0.717) is 26.0 Å². The van der Waals surface area contributed by atoms with Gasteiger partial charge in [-0.05, 0) is 12.0 Å². The van der Waals surface area contributed by atoms with E-state index in [1.165, 1.54) is 0 Å². The summed E-state index contributed by atoms with van der Waals surface area (Å²) < 4.78 is 6.70. The van der Waals surface area contributed by atoms with Crippen molar-refractivity contribution in [2.24, 2.45) is 7.05 Å². The number of nitrogens with zero attached hydrogens (tertiary/aromatic N) is 2. The summed E-state index contributed by atoms with van der Waals surface area (Å²) in [5.74, 6) is 0.0370. The van der Waals surface area contributed by atoms with Crippen molar-refractivity contribution >= 4 is 5.91 Å². The Hall–Kier alpha value is -2.14. The van der Waals surface area contributed by atoms with Crippen LogP contribution in [0.5, 0.6) is 0 Å². The molecule has 5 heteroatoms. The number of aromatic nitrogens is 2. The summed E-state index contributed by atoms with van der Waals surface area (Å²) in [4.78, 5) is 11.8. The molecule has 0 atom stereocenters. The Labute approximate surface area is 124 Å². The fourth-order valence-corrected chi connectivity index (χ4v) is 2.19. The van der Waals surface area contributed by atoms with Gasteiger partial charge in [0.05, 0.1) is 12.3 Å². The lowest BCUT2D eigenvalue weighted by atomic mass is 10.0. The number of amides is 1. The van der Waals surface area contributed by atoms with E-state index in [1.807, 2.05) is 43.6 Å². The second-order valence-electron chi connectivity index (χ2n) is 4.89. The first-order chi connectivity index (χ1) is 10.2. The van der Waals surface area contributed by atoms with Crippen LogP contribution < -0.4 is 5.32 Å². The van der Waals surface area contributed by atoms with Crippen LogP contribution >= 0.6 is 0 Å². The summed E-state index contributed by atoms with van der Waals surface area (Å²) in [6.07, 6.45) is 3.11. The normalized spacial score (nSPS) is 10.6. The minimum absolute atomic E-state index is 0.0370. The van der Waals surface area contributed by atoms with Gasteiger partial charge in [-0.1, -0.05) is 30.3 Å². The summed E-state index contributed by atoms with van der Waals surface area (Å²) in [5, 5.41) is 7.33. The van der Waals surface area contributed by atoms with Crippen molar-refractivity contribution < 1.29 is 9.53 Å². The second-order valence-corrected chi connectivity index (χ2v) is 4.89. The third-order valence-electron chi connectivity index (χ3n) is 3.20. The van der Waals surface area contributed by atoms with Gasteiger partial charge in [0.2, 0.25) is 5.91 Å². The maximum atomic E-state index is 11.8. The molecule has 112 valence electrons. The maximum absolute atomic E-state index is 11.8. The molecule has 1 aromatic heterocycles. The topological polar surface area (TPSA) is 56.1 Å². The highest BCUT2D eigenvalue weighted by Crippen LogP contribution is 2.22. The van der Waals surface area contributed by atoms with Crippen LogP contribution in [0.4, 0.5) is 0 Å². The number of hydrogen-bond donors (Lipinski definition) is 1. The Morgan fingerprint density at radius 3 is 2.81 bits per heavy atom. The van der Waals surface area contributed by atoms with E-state index in [1.54, 1.807) is 11.8 Å². The van der Waals surface area contributed by atoms with Crippen LogP contribution in [-0.2, 0) is 23.0 Å². The SMILES string of the molecule is COCCNC(=O)CCc1cn(C)nc1-c1ccccc1. The smallest absolute Gasteiger partial charge is 0.220 e. The van der Waals surface area contributed by atoms with E-state index in [-0.39, 0.29) is 5.91 Å². The molecule has 2 rings (SSSR count). The average molecular weight is 287 g/mol. The number of nitrogens with one attached hydrogen (secondary N) is 1. The molecule has 5 nitrogen and oxygen atoms in total. The van der Waals surface area contributed by atoms with Gasteiger partial charge >= 0.3 is 0 Å². The molecule has 21 heavy (non-hydrogen) atoms. The van der Waals surface area contributed by atoms with Crippen molar-refractivity contribution in [1.29, 1.82) is 0 Å². The van der Waals surface area contributed by atoms with E-state index >= 15 is 0 Å². The molecular formula is C16H21N3O2. The highest BCUT2D eigenvalue weighted by atomic mass is 16.5. The van der Waals surface area contributed by atoms with Crippen molar-refractivity contribution in [2.75, 3.05) is 20.3 Å². The Kier molecular flexibility index (Phi) is 5.51. The lowest BCUT2D eigenvalue weighted by Gasteiger charge is -2.05. The first kappa shape index (κ1) is 15.3. The monoisotopic (exact) mass is 287 g/mol. The molecule has 1 N–H and O–H groups in total. The van der Waals surface area contributed by atoms with Gasteiger partial charge in [-0.25, -0.2) is 0 Å². The number of methoxy groups -OCH3 is 1. The zero-order chi connectivity index (χ0) is 15.1. The van der Waals surface area contributed by atoms with Crippen LogP contribution in [0.15, 0.2) is 36.5 Å². The van der Waals surface area contributed by atoms with Gasteiger partial charge in [0.1, 0.15) is 0 Å². The van der Waals surface area contributed by atoms with E-state index in [4.69, 9.17) is 4.74 Å². The zero-order valence-corrected chi connectivity index (χ0v) is 12.5. The highest BCUT2D eigenvalue weighted by Gasteiger charge is 2.11. The molecular weight excluding hydrogens is 266 g/mol. The lowest BCUT2D eigenvalue weighted by molar-refractivity contribution is -0.121. The number of hydrogen-bond acceptors (Lipinski definition) is 3. The van der Waals surface area contributed by atoms with E-state index < -0.39 is 0 Å². The van der Waals surface area contributed by atoms with Gasteiger partial charge in [-0.2, -0.15) is 5.10 Å². The Bertz CT molecular complexity index is 578. The number of rotatable bonds is 7. The third kappa shape index (κ3) is 4.43. The molecule has 0 aliphatic rings. The molecule has 0 bridgehead atoms. The summed E-state index contributed by atoms with van der Waals surface area (Å²) in [6.45, 7) is 1.09. The molecule has 0 aliphatic carbocycles. The first-order valence-corrected chi connectivity index (χ1v) is 7.04. The Morgan fingerprint density at radius 1 is 1.33 bits per heavy atom. The average Bonchev–Trinajstić information content (AvgIpc) is 2.87. The fourth-order valence-electron chi connectivity index (χ4n) is 2.19. The lowest BCUT2D eigenvalue weighted by Crippen LogP contribution is -2.27. The molecule has 0 spiro atoms. The fraction of sp³-hybridized carbons (Fsp3) is 0.375. The van der Waals surface area contributed by atoms with Gasteiger partial charge in [-0.15, -0.1) is 0 Å². The largest absolute Gasteiger partial charge is 0.383 e. The maximum Gasteiger partial charge on any atom is 0.220 e. The standard InChI is InChI=1S/C16H21N3O2/c1-19-12-14(8-9-15(20)17-10-11-21-2)16(18-19)13-6-4-3-5-7-13/h3-7,12H,8-11H2,1-2H3,(H,17,20). The quantitative estimate of drug-likeness (QED) is 0.790. The molecule has 0 saturated carbocycles. The Balaban J connectivity index is 1.99. The molecule has 0 aliphatic heterocycles. The molecule has 1 heterocycles. The van der Waals surface area contributed by atoms with Gasteiger partial charge in [-0.3, -0.25) is 9.48 Å². The van der Waals surface area contributed by atoms with E-state index in [2.05, 4.69) is 10.4 Å². The van der Waals surface area contributed by atoms with Crippen LogP contribution in [-0.4, -0.2) is 35.9 Å². The van der Waals surface area contributed by atoms with Crippen molar-refractivity contribution in [2.45, 2.75) is 12.8 Å². The summed E-state index contributed by atoms with van der Waals surface area (Å²) >= 11 is 0. The van der Waals surface area contributed by atoms with Crippen molar-refractivity contribution in [1.82, 2.24) is 15.1 Å². The second kappa shape index (κ2) is 7.59. The van der Waals surface area contributed by atoms with E-state index in [9.17, 15) is 4.79 Å². The van der Waals surface area contributed by atoms with Gasteiger partial charge < -0.3 is 10.1 Å². The number of benzene rings is 1. The molecule has 0 radical (unpaired) electrons. The molecule has 0 unspecified atom stereocenters. The van der Waals surface area contributed by atoms with E-state index in [0.717, 1.165) is 16.8 Å². The molecule has 1 aromatic carbocycles. The minimum Gasteiger partial charge on any atom is -0.383 e. The summed E-state index contributed by atoms with van der Waals surface area (Å²) in [6, 6.07) is 10.0. The molecule has 0 saturated heterocycles. The van der Waals surface area contributed by atoms with Gasteiger partial charge in [0.15, 0.2) is 0 Å². The van der Waals surface area contributed by atoms with Crippen LogP contribution in [0.2, 0.25) is 0 Å². The van der Waals surface area contributed by atoms with Crippen LogP contribution in [0, 0.1) is 0 Å². The number of carbonyl (C=O) groups is 1. The van der Waals surface area contributed by atoms with Crippen molar-refractivity contribution in [3.8, 4) is 11.3 Å². The number of ether oxygens (including phenoxy) is 1. The number of carbonyl (C=O) groups excluding carboxylic acids is 1. The third-order valence-corrected chi connectivity index (χ3v) is 3.20. The summed E-state index contributed by atoms with van der Waals surface area (Å²) in [5.41, 5.74) is 3.11. The van der Waals surface area contributed by atoms with Gasteiger partial charge in [0, 0.05) is 38.9 Å². The molecule has 2 aromatic rings. The van der Waals surface area contributed by atoms with Gasteiger partial charge in [0.25, 0.3) is 0 Å².